The smallest absolute Gasteiger partial charge is 0.234 e. The van der Waals surface area contributed by atoms with Gasteiger partial charge >= 0.3 is 0 Å². The molecule has 0 aromatic rings. The van der Waals surface area contributed by atoms with Gasteiger partial charge in [-0.1, -0.05) is 0 Å². The number of nitrogens with zero attached hydrogens (tertiary/aromatic N) is 2. The minimum atomic E-state index is -0.188. The molecule has 1 amide bonds. The molecule has 1 fully saturated rings. The van der Waals surface area contributed by atoms with E-state index >= 15 is 0 Å². The molecule has 3 nitrogen and oxygen atoms in total. The van der Waals surface area contributed by atoms with E-state index in [2.05, 4.69) is 24.6 Å². The second-order valence-corrected chi connectivity index (χ2v) is 4.95. The fraction of sp³-hybridized carbons (Fsp3) is 0.900. The van der Waals surface area contributed by atoms with Crippen LogP contribution in [0.25, 0.3) is 0 Å². The van der Waals surface area contributed by atoms with E-state index in [1.807, 2.05) is 14.0 Å². The minimum Gasteiger partial charge on any atom is -0.343 e. The summed E-state index contributed by atoms with van der Waals surface area (Å²) < 4.78 is 0. The van der Waals surface area contributed by atoms with Crippen molar-refractivity contribution < 1.29 is 4.79 Å². The van der Waals surface area contributed by atoms with Crippen molar-refractivity contribution in [2.45, 2.75) is 31.1 Å². The van der Waals surface area contributed by atoms with Gasteiger partial charge < -0.3 is 9.80 Å². The van der Waals surface area contributed by atoms with E-state index in [9.17, 15) is 4.79 Å². The van der Waals surface area contributed by atoms with Crippen LogP contribution in [0.3, 0.4) is 0 Å². The second kappa shape index (κ2) is 5.03. The molecule has 0 N–H and O–H groups in total. The first kappa shape index (κ1) is 11.9. The summed E-state index contributed by atoms with van der Waals surface area (Å²) in [5, 5.41) is -0.188. The molecule has 0 aliphatic carbocycles. The van der Waals surface area contributed by atoms with E-state index in [0.717, 1.165) is 13.1 Å². The first-order valence-electron chi connectivity index (χ1n) is 5.15. The molecule has 82 valence electrons. The van der Waals surface area contributed by atoms with E-state index in [4.69, 9.17) is 0 Å². The van der Waals surface area contributed by atoms with Crippen LogP contribution in [0.15, 0.2) is 0 Å². The third kappa shape index (κ3) is 2.89. The highest BCUT2D eigenvalue weighted by Crippen LogP contribution is 2.15. The molecule has 0 radical (unpaired) electrons. The van der Waals surface area contributed by atoms with Crippen LogP contribution in [0.1, 0.15) is 19.8 Å². The van der Waals surface area contributed by atoms with Crippen molar-refractivity contribution in [3.8, 4) is 0 Å². The Morgan fingerprint density at radius 2 is 2.36 bits per heavy atom. The summed E-state index contributed by atoms with van der Waals surface area (Å²) in [6.45, 7) is 3.81. The number of amides is 1. The Bertz CT molecular complexity index is 208. The van der Waals surface area contributed by atoms with Crippen LogP contribution in [0, 0.1) is 0 Å². The van der Waals surface area contributed by atoms with Crippen LogP contribution in [0.5, 0.6) is 0 Å². The lowest BCUT2D eigenvalue weighted by molar-refractivity contribution is -0.129. The van der Waals surface area contributed by atoms with Crippen LogP contribution in [0.4, 0.5) is 0 Å². The van der Waals surface area contributed by atoms with E-state index in [1.165, 1.54) is 12.8 Å². The summed E-state index contributed by atoms with van der Waals surface area (Å²) >= 11 is 4.15. The molecular weight excluding hydrogens is 196 g/mol. The third-order valence-electron chi connectivity index (χ3n) is 2.89. The largest absolute Gasteiger partial charge is 0.343 e. The summed E-state index contributed by atoms with van der Waals surface area (Å²) in [5.74, 6) is 0.119. The molecule has 1 aliphatic heterocycles. The molecular formula is C10H20N2OS. The Labute approximate surface area is 91.9 Å². The monoisotopic (exact) mass is 216 g/mol. The van der Waals surface area contributed by atoms with Crippen LogP contribution >= 0.6 is 12.6 Å². The van der Waals surface area contributed by atoms with Gasteiger partial charge in [0.15, 0.2) is 0 Å². The fourth-order valence-corrected chi connectivity index (χ4v) is 2.13. The fourth-order valence-electron chi connectivity index (χ4n) is 1.93. The van der Waals surface area contributed by atoms with Crippen LogP contribution in [-0.2, 0) is 4.79 Å². The summed E-state index contributed by atoms with van der Waals surface area (Å²) in [4.78, 5) is 15.7. The summed E-state index contributed by atoms with van der Waals surface area (Å²) in [6.07, 6.45) is 2.45. The molecule has 1 saturated heterocycles. The van der Waals surface area contributed by atoms with Gasteiger partial charge in [-0.2, -0.15) is 12.6 Å². The molecule has 0 bridgehead atoms. The molecule has 4 heteroatoms. The van der Waals surface area contributed by atoms with Gasteiger partial charge in [0, 0.05) is 19.6 Å². The van der Waals surface area contributed by atoms with Crippen molar-refractivity contribution in [1.29, 1.82) is 0 Å². The lowest BCUT2D eigenvalue weighted by Crippen LogP contribution is -2.41. The zero-order valence-electron chi connectivity index (χ0n) is 9.23. The normalized spacial score (nSPS) is 25.0. The number of rotatable bonds is 3. The predicted octanol–water partition coefficient (Wildman–Crippen LogP) is 0.857. The average Bonchev–Trinajstić information content (AvgIpc) is 2.50. The Morgan fingerprint density at radius 1 is 1.71 bits per heavy atom. The minimum absolute atomic E-state index is 0.119. The van der Waals surface area contributed by atoms with Gasteiger partial charge in [-0.05, 0) is 33.4 Å². The number of thiol groups is 1. The standard InChI is InChI=1S/C10H20N2OS/c1-8(14)10(13)12(3)7-9-5-4-6-11(9)2/h8-9,14H,4-7H2,1-3H3. The van der Waals surface area contributed by atoms with Gasteiger partial charge in [0.25, 0.3) is 0 Å². The summed E-state index contributed by atoms with van der Waals surface area (Å²) in [7, 11) is 3.99. The average molecular weight is 216 g/mol. The highest BCUT2D eigenvalue weighted by atomic mass is 32.1. The molecule has 2 atom stereocenters. The van der Waals surface area contributed by atoms with Gasteiger partial charge in [-0.15, -0.1) is 0 Å². The van der Waals surface area contributed by atoms with Crippen LogP contribution < -0.4 is 0 Å². The Kier molecular flexibility index (Phi) is 4.26. The topological polar surface area (TPSA) is 23.6 Å². The molecule has 0 aromatic heterocycles. The Hall–Kier alpha value is -0.220. The van der Waals surface area contributed by atoms with E-state index in [-0.39, 0.29) is 11.2 Å². The number of hydrogen-bond donors (Lipinski definition) is 1. The van der Waals surface area contributed by atoms with E-state index < -0.39 is 0 Å². The van der Waals surface area contributed by atoms with Crippen molar-refractivity contribution in [3.63, 3.8) is 0 Å². The number of hydrogen-bond acceptors (Lipinski definition) is 3. The Balaban J connectivity index is 2.39. The van der Waals surface area contributed by atoms with Gasteiger partial charge in [-0.3, -0.25) is 4.79 Å². The van der Waals surface area contributed by atoms with Crippen LogP contribution in [0.2, 0.25) is 0 Å². The second-order valence-electron chi connectivity index (χ2n) is 4.17. The summed E-state index contributed by atoms with van der Waals surface area (Å²) in [5.41, 5.74) is 0. The van der Waals surface area contributed by atoms with Gasteiger partial charge in [-0.25, -0.2) is 0 Å². The van der Waals surface area contributed by atoms with E-state index in [0.29, 0.717) is 6.04 Å². The quantitative estimate of drug-likeness (QED) is 0.707. The third-order valence-corrected chi connectivity index (χ3v) is 3.11. The maximum Gasteiger partial charge on any atom is 0.234 e. The number of likely N-dealkylation sites (N-methyl/N-ethyl adjacent to an activating group) is 2. The first-order valence-corrected chi connectivity index (χ1v) is 5.67. The van der Waals surface area contributed by atoms with E-state index in [1.54, 1.807) is 4.90 Å². The Morgan fingerprint density at radius 3 is 2.79 bits per heavy atom. The molecule has 0 aromatic carbocycles. The molecule has 14 heavy (non-hydrogen) atoms. The SMILES string of the molecule is CC(S)C(=O)N(C)CC1CCCN1C. The lowest BCUT2D eigenvalue weighted by Gasteiger charge is -2.26. The zero-order valence-corrected chi connectivity index (χ0v) is 10.1. The number of carbonyl (C=O) groups is 1. The van der Waals surface area contributed by atoms with Crippen LogP contribution in [-0.4, -0.2) is 54.2 Å². The van der Waals surface area contributed by atoms with Crippen molar-refractivity contribution in [2.75, 3.05) is 27.2 Å². The maximum atomic E-state index is 11.6. The van der Waals surface area contributed by atoms with Crippen molar-refractivity contribution in [1.82, 2.24) is 9.80 Å². The lowest BCUT2D eigenvalue weighted by atomic mass is 10.2. The molecule has 0 saturated carbocycles. The van der Waals surface area contributed by atoms with Crippen molar-refractivity contribution >= 4 is 18.5 Å². The summed E-state index contributed by atoms with van der Waals surface area (Å²) in [6, 6.07) is 0.538. The van der Waals surface area contributed by atoms with Crippen molar-refractivity contribution in [3.05, 3.63) is 0 Å². The van der Waals surface area contributed by atoms with Gasteiger partial charge in [0.05, 0.1) is 5.25 Å². The maximum absolute atomic E-state index is 11.6. The van der Waals surface area contributed by atoms with Gasteiger partial charge in [0.2, 0.25) is 5.91 Å². The predicted molar refractivity (Wildman–Crippen MR) is 61.7 cm³/mol. The molecule has 1 rings (SSSR count). The molecule has 1 aliphatic rings. The molecule has 1 heterocycles. The molecule has 2 unspecified atom stereocenters. The van der Waals surface area contributed by atoms with Crippen molar-refractivity contribution in [2.24, 2.45) is 0 Å². The first-order chi connectivity index (χ1) is 6.52. The highest BCUT2D eigenvalue weighted by molar-refractivity contribution is 7.81. The van der Waals surface area contributed by atoms with Gasteiger partial charge in [0.1, 0.15) is 0 Å². The number of likely N-dealkylation sites (tertiary alicyclic amines) is 1. The molecule has 0 spiro atoms. The highest BCUT2D eigenvalue weighted by Gasteiger charge is 2.24. The zero-order chi connectivity index (χ0) is 10.7. The number of carbonyl (C=O) groups excluding carboxylic acids is 1.